The second-order valence-electron chi connectivity index (χ2n) is 5.60. The predicted octanol–water partition coefficient (Wildman–Crippen LogP) is 2.91. The van der Waals surface area contributed by atoms with E-state index < -0.39 is 17.3 Å². The minimum absolute atomic E-state index is 0.0352. The van der Waals surface area contributed by atoms with E-state index in [4.69, 9.17) is 4.74 Å². The van der Waals surface area contributed by atoms with Crippen LogP contribution in [0.5, 0.6) is 5.75 Å². The average Bonchev–Trinajstić information content (AvgIpc) is 2.68. The fraction of sp³-hybridized carbons (Fsp3) is 0.105. The van der Waals surface area contributed by atoms with E-state index in [-0.39, 0.29) is 11.4 Å². The highest BCUT2D eigenvalue weighted by atomic mass is 127. The van der Waals surface area contributed by atoms with E-state index in [0.29, 0.717) is 12.2 Å². The molecule has 0 atom stereocenters. The molecule has 138 valence electrons. The number of halogens is 2. The minimum atomic E-state index is -0.493. The van der Waals surface area contributed by atoms with Crippen LogP contribution in [0.15, 0.2) is 59.4 Å². The Morgan fingerprint density at radius 2 is 1.85 bits per heavy atom. The quantitative estimate of drug-likeness (QED) is 0.572. The molecule has 0 aliphatic heterocycles. The number of nitrogens with zero attached hydrogens (tertiary/aromatic N) is 2. The molecule has 1 heterocycles. The second-order valence-corrected chi connectivity index (χ2v) is 6.84. The normalized spacial score (nSPS) is 10.5. The molecule has 0 spiro atoms. The molecular weight excluding hydrogens is 464 g/mol. The Bertz CT molecular complexity index is 1020. The average molecular weight is 479 g/mol. The van der Waals surface area contributed by atoms with Crippen molar-refractivity contribution in [2.24, 2.45) is 0 Å². The number of ether oxygens (including phenoxy) is 1. The Morgan fingerprint density at radius 3 is 2.48 bits per heavy atom. The Hall–Kier alpha value is -2.75. The third-order valence-corrected chi connectivity index (χ3v) is 4.49. The standard InChI is InChI=1S/C19H15FIN3O3/c1-27-16-10-17(25)24(15-8-4-13(20)5-9-15)23-18(16)19(26)22-11-12-2-6-14(21)7-3-12/h2-10H,11H2,1H3,(H,22,26). The van der Waals surface area contributed by atoms with Crippen LogP contribution < -0.4 is 15.6 Å². The van der Waals surface area contributed by atoms with E-state index in [9.17, 15) is 14.0 Å². The van der Waals surface area contributed by atoms with Gasteiger partial charge in [0, 0.05) is 10.1 Å². The fourth-order valence-corrected chi connectivity index (χ4v) is 2.75. The van der Waals surface area contributed by atoms with Gasteiger partial charge < -0.3 is 10.1 Å². The number of nitrogens with one attached hydrogen (secondary N) is 1. The molecule has 0 radical (unpaired) electrons. The lowest BCUT2D eigenvalue weighted by atomic mass is 10.2. The number of hydrogen-bond donors (Lipinski definition) is 1. The van der Waals surface area contributed by atoms with Crippen LogP contribution in [0.3, 0.4) is 0 Å². The van der Waals surface area contributed by atoms with Gasteiger partial charge in [-0.3, -0.25) is 9.59 Å². The molecular formula is C19H15FIN3O3. The summed E-state index contributed by atoms with van der Waals surface area (Å²) < 4.78 is 20.4. The zero-order valence-corrected chi connectivity index (χ0v) is 16.4. The van der Waals surface area contributed by atoms with Crippen LogP contribution in [0.2, 0.25) is 0 Å². The number of amides is 1. The molecule has 3 aromatic rings. The van der Waals surface area contributed by atoms with Crippen LogP contribution in [0, 0.1) is 9.39 Å². The van der Waals surface area contributed by atoms with Gasteiger partial charge in [-0.1, -0.05) is 12.1 Å². The number of aromatic nitrogens is 2. The van der Waals surface area contributed by atoms with Crippen molar-refractivity contribution in [1.82, 2.24) is 15.1 Å². The molecule has 0 aliphatic carbocycles. The highest BCUT2D eigenvalue weighted by Crippen LogP contribution is 2.15. The monoisotopic (exact) mass is 479 g/mol. The minimum Gasteiger partial charge on any atom is -0.494 e. The van der Waals surface area contributed by atoms with Crippen molar-refractivity contribution in [3.63, 3.8) is 0 Å². The first-order chi connectivity index (χ1) is 13.0. The maximum atomic E-state index is 13.1. The van der Waals surface area contributed by atoms with Crippen molar-refractivity contribution in [2.45, 2.75) is 6.54 Å². The summed E-state index contributed by atoms with van der Waals surface area (Å²) in [4.78, 5) is 24.8. The van der Waals surface area contributed by atoms with Gasteiger partial charge >= 0.3 is 0 Å². The van der Waals surface area contributed by atoms with Gasteiger partial charge in [0.2, 0.25) is 0 Å². The molecule has 0 saturated heterocycles. The van der Waals surface area contributed by atoms with E-state index in [1.165, 1.54) is 37.4 Å². The van der Waals surface area contributed by atoms with Crippen molar-refractivity contribution < 1.29 is 13.9 Å². The number of hydrogen-bond acceptors (Lipinski definition) is 4. The number of carbonyl (C=O) groups is 1. The lowest BCUT2D eigenvalue weighted by molar-refractivity contribution is 0.0940. The van der Waals surface area contributed by atoms with E-state index in [1.807, 2.05) is 24.3 Å². The van der Waals surface area contributed by atoms with Crippen LogP contribution in [0.4, 0.5) is 4.39 Å². The Kier molecular flexibility index (Phi) is 5.84. The van der Waals surface area contributed by atoms with E-state index in [0.717, 1.165) is 13.8 Å². The summed E-state index contributed by atoms with van der Waals surface area (Å²) >= 11 is 2.20. The Labute approximate surface area is 168 Å². The lowest BCUT2D eigenvalue weighted by Gasteiger charge is -2.11. The largest absolute Gasteiger partial charge is 0.494 e. The van der Waals surface area contributed by atoms with Gasteiger partial charge in [-0.25, -0.2) is 4.39 Å². The Morgan fingerprint density at radius 1 is 1.19 bits per heavy atom. The van der Waals surface area contributed by atoms with Crippen molar-refractivity contribution in [1.29, 1.82) is 0 Å². The third kappa shape index (κ3) is 4.51. The summed E-state index contributed by atoms with van der Waals surface area (Å²) in [7, 11) is 1.36. The zero-order chi connectivity index (χ0) is 19.4. The van der Waals surface area contributed by atoms with Crippen molar-refractivity contribution in [3.8, 4) is 11.4 Å². The zero-order valence-electron chi connectivity index (χ0n) is 14.3. The highest BCUT2D eigenvalue weighted by Gasteiger charge is 2.18. The molecule has 27 heavy (non-hydrogen) atoms. The van der Waals surface area contributed by atoms with E-state index >= 15 is 0 Å². The maximum Gasteiger partial charge on any atom is 0.275 e. The summed E-state index contributed by atoms with van der Waals surface area (Å²) in [5, 5.41) is 6.87. The van der Waals surface area contributed by atoms with Crippen LogP contribution in [-0.2, 0) is 6.54 Å². The van der Waals surface area contributed by atoms with Gasteiger partial charge in [-0.15, -0.1) is 0 Å². The molecule has 8 heteroatoms. The molecule has 1 amide bonds. The smallest absolute Gasteiger partial charge is 0.275 e. The second kappa shape index (κ2) is 8.30. The van der Waals surface area contributed by atoms with E-state index in [1.54, 1.807) is 0 Å². The first kappa shape index (κ1) is 19.0. The van der Waals surface area contributed by atoms with Gasteiger partial charge in [0.15, 0.2) is 11.4 Å². The molecule has 2 aromatic carbocycles. The van der Waals surface area contributed by atoms with Crippen molar-refractivity contribution in [2.75, 3.05) is 7.11 Å². The van der Waals surface area contributed by atoms with Gasteiger partial charge in [0.25, 0.3) is 11.5 Å². The number of benzene rings is 2. The molecule has 3 rings (SSSR count). The molecule has 6 nitrogen and oxygen atoms in total. The summed E-state index contributed by atoms with van der Waals surface area (Å²) in [5.41, 5.74) is 0.741. The van der Waals surface area contributed by atoms with Crippen molar-refractivity contribution in [3.05, 3.63) is 85.6 Å². The highest BCUT2D eigenvalue weighted by molar-refractivity contribution is 14.1. The van der Waals surface area contributed by atoms with Gasteiger partial charge in [0.1, 0.15) is 5.82 Å². The first-order valence-corrected chi connectivity index (χ1v) is 9.03. The summed E-state index contributed by atoms with van der Waals surface area (Å²) in [6.07, 6.45) is 0. The van der Waals surface area contributed by atoms with Gasteiger partial charge in [-0.2, -0.15) is 9.78 Å². The lowest BCUT2D eigenvalue weighted by Crippen LogP contribution is -2.29. The number of rotatable bonds is 5. The summed E-state index contributed by atoms with van der Waals surface area (Å²) in [5.74, 6) is -0.851. The summed E-state index contributed by atoms with van der Waals surface area (Å²) in [6, 6.07) is 14.1. The topological polar surface area (TPSA) is 73.2 Å². The van der Waals surface area contributed by atoms with Crippen LogP contribution in [0.25, 0.3) is 5.69 Å². The summed E-state index contributed by atoms with van der Waals surface area (Å²) in [6.45, 7) is 0.302. The molecule has 0 aliphatic rings. The molecule has 0 fully saturated rings. The molecule has 1 N–H and O–H groups in total. The maximum absolute atomic E-state index is 13.1. The van der Waals surface area contributed by atoms with Crippen LogP contribution in [0.1, 0.15) is 16.1 Å². The SMILES string of the molecule is COc1cc(=O)n(-c2ccc(F)cc2)nc1C(=O)NCc1ccc(I)cc1. The molecule has 0 saturated carbocycles. The fourth-order valence-electron chi connectivity index (χ4n) is 2.39. The third-order valence-electron chi connectivity index (χ3n) is 3.77. The van der Waals surface area contributed by atoms with Gasteiger partial charge in [0.05, 0.1) is 18.9 Å². The Balaban J connectivity index is 1.89. The molecule has 0 unspecified atom stereocenters. The van der Waals surface area contributed by atoms with E-state index in [2.05, 4.69) is 33.0 Å². The van der Waals surface area contributed by atoms with Crippen LogP contribution in [-0.4, -0.2) is 22.8 Å². The van der Waals surface area contributed by atoms with Crippen LogP contribution >= 0.6 is 22.6 Å². The number of carbonyl (C=O) groups excluding carboxylic acids is 1. The predicted molar refractivity (Wildman–Crippen MR) is 107 cm³/mol. The first-order valence-electron chi connectivity index (χ1n) is 7.95. The number of methoxy groups -OCH3 is 1. The van der Waals surface area contributed by atoms with Crippen molar-refractivity contribution >= 4 is 28.5 Å². The molecule has 1 aromatic heterocycles. The molecule has 0 bridgehead atoms. The van der Waals surface area contributed by atoms with Gasteiger partial charge in [-0.05, 0) is 64.6 Å².